The summed E-state index contributed by atoms with van der Waals surface area (Å²) < 4.78 is 22.1. The second-order valence-corrected chi connectivity index (χ2v) is 17.6. The van der Waals surface area contributed by atoms with Gasteiger partial charge < -0.3 is 26.2 Å². The zero-order valence-corrected chi connectivity index (χ0v) is 36.9. The fourth-order valence-electron chi connectivity index (χ4n) is 7.12. The molecule has 0 radical (unpaired) electrons. The summed E-state index contributed by atoms with van der Waals surface area (Å²) in [6.45, 7) is 3.99. The van der Waals surface area contributed by atoms with Gasteiger partial charge in [0.1, 0.15) is 0 Å². The van der Waals surface area contributed by atoms with Crippen LogP contribution in [0.2, 0.25) is 0 Å². The van der Waals surface area contributed by atoms with E-state index in [-0.39, 0.29) is 19.6 Å². The molecule has 0 aromatic carbocycles. The zero-order valence-electron chi connectivity index (χ0n) is 36.0. The van der Waals surface area contributed by atoms with Gasteiger partial charge in [0.2, 0.25) is 5.91 Å². The van der Waals surface area contributed by atoms with E-state index in [9.17, 15) is 24.5 Å². The van der Waals surface area contributed by atoms with E-state index < -0.39 is 38.6 Å². The lowest BCUT2D eigenvalue weighted by Crippen LogP contribution is -2.46. The molecule has 0 aliphatic carbocycles. The maximum absolute atomic E-state index is 12.8. The number of nitrogens with two attached hydrogens (primary N) is 1. The molecule has 0 rings (SSSR count). The molecule has 0 saturated carbocycles. The van der Waals surface area contributed by atoms with Gasteiger partial charge in [0.15, 0.2) is 0 Å². The third kappa shape index (κ3) is 39.8. The standard InChI is InChI=1S/C45H91N2O7P/c1-3-5-7-9-11-13-15-17-18-19-20-21-22-23-24-25-27-29-31-33-35-37-44(49)43(41-54-55(51,52)53-39-38-46)47-45(50)40-42(48)36-34-32-30-28-26-16-14-12-10-8-6-4-2/h35,37,42-44,48-49H,3-34,36,38-41,46H2,1-2H3,(H,47,50)(H,51,52)/b37-35+. The van der Waals surface area contributed by atoms with Crippen LogP contribution in [-0.4, -0.2) is 59.0 Å². The maximum atomic E-state index is 12.8. The second-order valence-electron chi connectivity index (χ2n) is 16.2. The van der Waals surface area contributed by atoms with Crippen LogP contribution < -0.4 is 11.1 Å². The van der Waals surface area contributed by atoms with Crippen LogP contribution in [0.4, 0.5) is 0 Å². The summed E-state index contributed by atoms with van der Waals surface area (Å²) >= 11 is 0. The molecule has 0 saturated heterocycles. The minimum absolute atomic E-state index is 0.0516. The Morgan fingerprint density at radius 1 is 0.618 bits per heavy atom. The molecule has 0 heterocycles. The number of aliphatic hydroxyl groups excluding tert-OH is 2. The van der Waals surface area contributed by atoms with Crippen molar-refractivity contribution in [3.63, 3.8) is 0 Å². The first kappa shape index (κ1) is 54.2. The maximum Gasteiger partial charge on any atom is 0.472 e. The number of unbranched alkanes of at least 4 members (excludes halogenated alkanes) is 30. The number of amides is 1. The van der Waals surface area contributed by atoms with Crippen molar-refractivity contribution in [3.8, 4) is 0 Å². The molecule has 6 N–H and O–H groups in total. The number of phosphoric ester groups is 1. The minimum Gasteiger partial charge on any atom is -0.393 e. The number of hydrogen-bond donors (Lipinski definition) is 5. The Labute approximate surface area is 339 Å². The number of rotatable bonds is 44. The van der Waals surface area contributed by atoms with Gasteiger partial charge in [0.05, 0.1) is 37.9 Å². The van der Waals surface area contributed by atoms with E-state index in [2.05, 4.69) is 19.2 Å². The molecule has 0 aromatic rings. The van der Waals surface area contributed by atoms with Crippen molar-refractivity contribution in [3.05, 3.63) is 12.2 Å². The number of phosphoric acid groups is 1. The van der Waals surface area contributed by atoms with Gasteiger partial charge >= 0.3 is 7.82 Å². The van der Waals surface area contributed by atoms with Crippen LogP contribution >= 0.6 is 7.82 Å². The first-order valence-electron chi connectivity index (χ1n) is 23.4. The van der Waals surface area contributed by atoms with Crippen LogP contribution in [-0.2, 0) is 18.4 Å². The third-order valence-corrected chi connectivity index (χ3v) is 11.7. The lowest BCUT2D eigenvalue weighted by molar-refractivity contribution is -0.124. The van der Waals surface area contributed by atoms with Crippen LogP contribution in [0.1, 0.15) is 232 Å². The smallest absolute Gasteiger partial charge is 0.393 e. The van der Waals surface area contributed by atoms with Gasteiger partial charge in [-0.2, -0.15) is 0 Å². The number of hydrogen-bond acceptors (Lipinski definition) is 7. The lowest BCUT2D eigenvalue weighted by Gasteiger charge is -2.24. The van der Waals surface area contributed by atoms with E-state index in [1.54, 1.807) is 6.08 Å². The number of allylic oxidation sites excluding steroid dienone is 1. The number of carbonyl (C=O) groups is 1. The Balaban J connectivity index is 4.23. The van der Waals surface area contributed by atoms with Gasteiger partial charge in [0.25, 0.3) is 0 Å². The molecule has 0 aliphatic rings. The molecule has 10 heteroatoms. The topological polar surface area (TPSA) is 151 Å². The van der Waals surface area contributed by atoms with Gasteiger partial charge in [-0.15, -0.1) is 0 Å². The largest absolute Gasteiger partial charge is 0.472 e. The van der Waals surface area contributed by atoms with Crippen molar-refractivity contribution in [1.29, 1.82) is 0 Å². The van der Waals surface area contributed by atoms with Gasteiger partial charge in [-0.3, -0.25) is 13.8 Å². The average Bonchev–Trinajstić information content (AvgIpc) is 3.16. The highest BCUT2D eigenvalue weighted by molar-refractivity contribution is 7.47. The summed E-state index contributed by atoms with van der Waals surface area (Å²) in [6.07, 6.45) is 43.0. The molecule has 1 amide bonds. The third-order valence-electron chi connectivity index (χ3n) is 10.7. The first-order chi connectivity index (χ1) is 26.8. The summed E-state index contributed by atoms with van der Waals surface area (Å²) in [5.41, 5.74) is 5.37. The molecule has 55 heavy (non-hydrogen) atoms. The normalized spacial score (nSPS) is 14.7. The van der Waals surface area contributed by atoms with Gasteiger partial charge in [-0.25, -0.2) is 4.57 Å². The molecule has 9 nitrogen and oxygen atoms in total. The molecule has 328 valence electrons. The van der Waals surface area contributed by atoms with Crippen molar-refractivity contribution in [2.75, 3.05) is 19.8 Å². The monoisotopic (exact) mass is 803 g/mol. The van der Waals surface area contributed by atoms with Crippen LogP contribution in [0.15, 0.2) is 12.2 Å². The van der Waals surface area contributed by atoms with E-state index in [4.69, 9.17) is 14.8 Å². The SMILES string of the molecule is CCCCCCCCCCCCCCCCCCCCC/C=C/C(O)C(COP(=O)(O)OCCN)NC(=O)CC(O)CCCCCCCCCCCCCC. The molecular formula is C45H91N2O7P. The Morgan fingerprint density at radius 2 is 1.00 bits per heavy atom. The van der Waals surface area contributed by atoms with Gasteiger partial charge in [0, 0.05) is 6.54 Å². The van der Waals surface area contributed by atoms with E-state index >= 15 is 0 Å². The first-order valence-corrected chi connectivity index (χ1v) is 24.9. The lowest BCUT2D eigenvalue weighted by atomic mass is 10.0. The highest BCUT2D eigenvalue weighted by Gasteiger charge is 2.27. The zero-order chi connectivity index (χ0) is 40.5. The van der Waals surface area contributed by atoms with Crippen molar-refractivity contribution in [1.82, 2.24) is 5.32 Å². The fourth-order valence-corrected chi connectivity index (χ4v) is 7.88. The molecule has 4 atom stereocenters. The summed E-state index contributed by atoms with van der Waals surface area (Å²) in [6, 6.07) is -0.977. The average molecular weight is 803 g/mol. The Morgan fingerprint density at radius 3 is 1.40 bits per heavy atom. The van der Waals surface area contributed by atoms with E-state index in [1.165, 1.54) is 167 Å². The van der Waals surface area contributed by atoms with Crippen molar-refractivity contribution >= 4 is 13.7 Å². The van der Waals surface area contributed by atoms with Gasteiger partial charge in [-0.05, 0) is 19.3 Å². The molecule has 0 aliphatic heterocycles. The minimum atomic E-state index is -4.40. The molecule has 4 unspecified atom stereocenters. The predicted molar refractivity (Wildman–Crippen MR) is 232 cm³/mol. The molecule has 0 bridgehead atoms. The summed E-state index contributed by atoms with van der Waals surface area (Å²) in [5.74, 6) is -0.443. The van der Waals surface area contributed by atoms with E-state index in [0.29, 0.717) is 6.42 Å². The highest BCUT2D eigenvalue weighted by atomic mass is 31.2. The molecule has 0 spiro atoms. The molecule has 0 aromatic heterocycles. The number of nitrogens with one attached hydrogen (secondary N) is 1. The van der Waals surface area contributed by atoms with Crippen LogP contribution in [0.25, 0.3) is 0 Å². The van der Waals surface area contributed by atoms with Gasteiger partial charge in [-0.1, -0.05) is 219 Å². The van der Waals surface area contributed by atoms with E-state index in [1.807, 2.05) is 6.08 Å². The predicted octanol–water partition coefficient (Wildman–Crippen LogP) is 12.1. The summed E-state index contributed by atoms with van der Waals surface area (Å²) in [7, 11) is -4.40. The van der Waals surface area contributed by atoms with Crippen LogP contribution in [0, 0.1) is 0 Å². The Kier molecular flexibility index (Phi) is 40.8. The van der Waals surface area contributed by atoms with Crippen molar-refractivity contribution in [2.45, 2.75) is 250 Å². The quantitative estimate of drug-likeness (QED) is 0.0232. The number of aliphatic hydroxyl groups is 2. The second kappa shape index (κ2) is 41.4. The van der Waals surface area contributed by atoms with Crippen LogP contribution in [0.5, 0.6) is 0 Å². The molecular weight excluding hydrogens is 711 g/mol. The highest BCUT2D eigenvalue weighted by Crippen LogP contribution is 2.43. The Hall–Kier alpha value is -0.800. The summed E-state index contributed by atoms with van der Waals surface area (Å²) in [4.78, 5) is 22.8. The Bertz CT molecular complexity index is 893. The van der Waals surface area contributed by atoms with Crippen molar-refractivity contribution in [2.24, 2.45) is 5.73 Å². The van der Waals surface area contributed by atoms with Crippen molar-refractivity contribution < 1.29 is 33.5 Å². The van der Waals surface area contributed by atoms with E-state index in [0.717, 1.165) is 38.5 Å². The number of carbonyl (C=O) groups excluding carboxylic acids is 1. The molecule has 0 fully saturated rings. The summed E-state index contributed by atoms with van der Waals surface area (Å²) in [5, 5.41) is 24.1. The fraction of sp³-hybridized carbons (Fsp3) is 0.933. The van der Waals surface area contributed by atoms with Crippen LogP contribution in [0.3, 0.4) is 0 Å².